The normalized spacial score (nSPS) is 19.9. The first kappa shape index (κ1) is 17.5. The van der Waals surface area contributed by atoms with Gasteiger partial charge in [-0.25, -0.2) is 0 Å². The van der Waals surface area contributed by atoms with E-state index in [-0.39, 0.29) is 5.91 Å². The van der Waals surface area contributed by atoms with Crippen molar-refractivity contribution in [2.24, 2.45) is 17.8 Å². The predicted octanol–water partition coefficient (Wildman–Crippen LogP) is 4.92. The zero-order valence-corrected chi connectivity index (χ0v) is 14.1. The molecular weight excluding hydrogens is 246 g/mol. The number of carbonyl (C=O) groups excluding carboxylic acids is 1. The standard InChI is InChI=1S/C18H35NO/c1-5-18(20)19-17(15(4)12-11-14(2)3)13-16-9-7-6-8-10-16/h14-17H,5-13H2,1-4H3,(H,19,20)/t15?,17-/m0/s1. The molecule has 118 valence electrons. The van der Waals surface area contributed by atoms with Crippen LogP contribution in [0, 0.1) is 17.8 Å². The van der Waals surface area contributed by atoms with Crippen molar-refractivity contribution in [3.05, 3.63) is 0 Å². The van der Waals surface area contributed by atoms with Crippen molar-refractivity contribution in [3.8, 4) is 0 Å². The smallest absolute Gasteiger partial charge is 0.219 e. The van der Waals surface area contributed by atoms with E-state index in [1.165, 1.54) is 51.4 Å². The lowest BCUT2D eigenvalue weighted by molar-refractivity contribution is -0.122. The molecule has 2 atom stereocenters. The molecule has 0 saturated heterocycles. The summed E-state index contributed by atoms with van der Waals surface area (Å²) in [5.41, 5.74) is 0. The summed E-state index contributed by atoms with van der Waals surface area (Å²) in [5.74, 6) is 2.43. The van der Waals surface area contributed by atoms with Crippen LogP contribution in [-0.2, 0) is 4.79 Å². The second kappa shape index (κ2) is 9.41. The number of rotatable bonds is 8. The Bertz CT molecular complexity index is 269. The average molecular weight is 281 g/mol. The Labute approximate surface area is 126 Å². The first-order valence-electron chi connectivity index (χ1n) is 8.82. The SMILES string of the molecule is CCC(=O)N[C@@H](CC1CCCCC1)C(C)CCC(C)C. The molecule has 1 rings (SSSR count). The molecule has 1 N–H and O–H groups in total. The predicted molar refractivity (Wildman–Crippen MR) is 86.6 cm³/mol. The van der Waals surface area contributed by atoms with Gasteiger partial charge in [-0.1, -0.05) is 66.2 Å². The van der Waals surface area contributed by atoms with Crippen molar-refractivity contribution in [3.63, 3.8) is 0 Å². The van der Waals surface area contributed by atoms with Crippen LogP contribution in [0.25, 0.3) is 0 Å². The van der Waals surface area contributed by atoms with Crippen LogP contribution >= 0.6 is 0 Å². The number of amides is 1. The summed E-state index contributed by atoms with van der Waals surface area (Å²) in [5, 5.41) is 3.30. The van der Waals surface area contributed by atoms with Crippen LogP contribution in [-0.4, -0.2) is 11.9 Å². The molecule has 0 spiro atoms. The highest BCUT2D eigenvalue weighted by molar-refractivity contribution is 5.75. The average Bonchev–Trinajstić information content (AvgIpc) is 2.44. The minimum atomic E-state index is 0.224. The summed E-state index contributed by atoms with van der Waals surface area (Å²) < 4.78 is 0. The summed E-state index contributed by atoms with van der Waals surface area (Å²) in [6.45, 7) is 8.85. The van der Waals surface area contributed by atoms with Crippen LogP contribution in [0.4, 0.5) is 0 Å². The van der Waals surface area contributed by atoms with Gasteiger partial charge in [-0.15, -0.1) is 0 Å². The fourth-order valence-corrected chi connectivity index (χ4v) is 3.32. The van der Waals surface area contributed by atoms with Crippen molar-refractivity contribution in [1.29, 1.82) is 0 Å². The first-order chi connectivity index (χ1) is 9.52. The van der Waals surface area contributed by atoms with E-state index < -0.39 is 0 Å². The largest absolute Gasteiger partial charge is 0.353 e. The zero-order valence-electron chi connectivity index (χ0n) is 14.1. The minimum absolute atomic E-state index is 0.224. The second-order valence-corrected chi connectivity index (χ2v) is 7.22. The Morgan fingerprint density at radius 1 is 1.10 bits per heavy atom. The van der Waals surface area contributed by atoms with Gasteiger partial charge in [-0.05, 0) is 30.6 Å². The van der Waals surface area contributed by atoms with Gasteiger partial charge in [0.1, 0.15) is 0 Å². The Morgan fingerprint density at radius 3 is 2.30 bits per heavy atom. The summed E-state index contributed by atoms with van der Waals surface area (Å²) in [7, 11) is 0. The molecule has 0 radical (unpaired) electrons. The molecule has 1 aliphatic carbocycles. The molecule has 1 fully saturated rings. The fraction of sp³-hybridized carbons (Fsp3) is 0.944. The van der Waals surface area contributed by atoms with Crippen LogP contribution in [0.5, 0.6) is 0 Å². The third-order valence-corrected chi connectivity index (χ3v) is 4.87. The second-order valence-electron chi connectivity index (χ2n) is 7.22. The third kappa shape index (κ3) is 6.76. The number of carbonyl (C=O) groups is 1. The highest BCUT2D eigenvalue weighted by Gasteiger charge is 2.24. The highest BCUT2D eigenvalue weighted by atomic mass is 16.1. The molecule has 1 amide bonds. The Balaban J connectivity index is 2.50. The molecule has 0 bridgehead atoms. The van der Waals surface area contributed by atoms with Gasteiger partial charge in [-0.3, -0.25) is 4.79 Å². The maximum absolute atomic E-state index is 11.8. The molecule has 0 aromatic carbocycles. The van der Waals surface area contributed by atoms with Crippen molar-refractivity contribution < 1.29 is 4.79 Å². The highest BCUT2D eigenvalue weighted by Crippen LogP contribution is 2.30. The van der Waals surface area contributed by atoms with Gasteiger partial charge in [0, 0.05) is 12.5 Å². The quantitative estimate of drug-likeness (QED) is 0.672. The Kier molecular flexibility index (Phi) is 8.25. The molecule has 2 heteroatoms. The maximum atomic E-state index is 11.8. The van der Waals surface area contributed by atoms with Crippen LogP contribution in [0.2, 0.25) is 0 Å². The van der Waals surface area contributed by atoms with Crippen LogP contribution in [0.15, 0.2) is 0 Å². The lowest BCUT2D eigenvalue weighted by Gasteiger charge is -2.31. The van der Waals surface area contributed by atoms with Gasteiger partial charge in [0.05, 0.1) is 0 Å². The van der Waals surface area contributed by atoms with Gasteiger partial charge >= 0.3 is 0 Å². The van der Waals surface area contributed by atoms with Gasteiger partial charge in [-0.2, -0.15) is 0 Å². The molecule has 0 heterocycles. The molecule has 2 nitrogen and oxygen atoms in total. The van der Waals surface area contributed by atoms with Crippen LogP contribution < -0.4 is 5.32 Å². The van der Waals surface area contributed by atoms with Crippen molar-refractivity contribution in [2.75, 3.05) is 0 Å². The van der Waals surface area contributed by atoms with E-state index >= 15 is 0 Å². The summed E-state index contributed by atoms with van der Waals surface area (Å²) in [6, 6.07) is 0.393. The van der Waals surface area contributed by atoms with Crippen LogP contribution in [0.3, 0.4) is 0 Å². The number of nitrogens with one attached hydrogen (secondary N) is 1. The molecule has 20 heavy (non-hydrogen) atoms. The summed E-state index contributed by atoms with van der Waals surface area (Å²) >= 11 is 0. The van der Waals surface area contributed by atoms with Gasteiger partial charge in [0.2, 0.25) is 5.91 Å². The topological polar surface area (TPSA) is 29.1 Å². The van der Waals surface area contributed by atoms with Crippen molar-refractivity contribution >= 4 is 5.91 Å². The minimum Gasteiger partial charge on any atom is -0.353 e. The number of hydrogen-bond donors (Lipinski definition) is 1. The molecular formula is C18H35NO. The lowest BCUT2D eigenvalue weighted by atomic mass is 9.80. The summed E-state index contributed by atoms with van der Waals surface area (Å²) in [6.07, 6.45) is 11.2. The monoisotopic (exact) mass is 281 g/mol. The molecule has 1 aliphatic rings. The molecule has 0 aliphatic heterocycles. The Morgan fingerprint density at radius 2 is 1.75 bits per heavy atom. The molecule has 0 aromatic heterocycles. The van der Waals surface area contributed by atoms with Crippen molar-refractivity contribution in [2.45, 2.75) is 91.5 Å². The van der Waals surface area contributed by atoms with Gasteiger partial charge < -0.3 is 5.32 Å². The van der Waals surface area contributed by atoms with E-state index in [1.807, 2.05) is 6.92 Å². The fourth-order valence-electron chi connectivity index (χ4n) is 3.32. The van der Waals surface area contributed by atoms with Gasteiger partial charge in [0.15, 0.2) is 0 Å². The molecule has 0 aromatic rings. The van der Waals surface area contributed by atoms with E-state index in [0.717, 1.165) is 11.8 Å². The maximum Gasteiger partial charge on any atom is 0.219 e. The van der Waals surface area contributed by atoms with E-state index in [1.54, 1.807) is 0 Å². The van der Waals surface area contributed by atoms with Gasteiger partial charge in [0.25, 0.3) is 0 Å². The number of hydrogen-bond acceptors (Lipinski definition) is 1. The third-order valence-electron chi connectivity index (χ3n) is 4.87. The van der Waals surface area contributed by atoms with E-state index in [0.29, 0.717) is 18.4 Å². The first-order valence-corrected chi connectivity index (χ1v) is 8.82. The van der Waals surface area contributed by atoms with E-state index in [2.05, 4.69) is 26.1 Å². The van der Waals surface area contributed by atoms with Crippen LogP contribution in [0.1, 0.15) is 85.5 Å². The zero-order chi connectivity index (χ0) is 15.0. The lowest BCUT2D eigenvalue weighted by Crippen LogP contribution is -2.40. The Hall–Kier alpha value is -0.530. The molecule has 1 saturated carbocycles. The van der Waals surface area contributed by atoms with E-state index in [4.69, 9.17) is 0 Å². The summed E-state index contributed by atoms with van der Waals surface area (Å²) in [4.78, 5) is 11.8. The van der Waals surface area contributed by atoms with Crippen molar-refractivity contribution in [1.82, 2.24) is 5.32 Å². The molecule has 1 unspecified atom stereocenters. The van der Waals surface area contributed by atoms with E-state index in [9.17, 15) is 4.79 Å².